The molecule has 32 heavy (non-hydrogen) atoms. The molecule has 0 radical (unpaired) electrons. The fourth-order valence-corrected chi connectivity index (χ4v) is 4.04. The number of aliphatic carboxylic acids is 1. The number of carbonyl (C=O) groups is 2. The minimum absolute atomic E-state index is 0.397. The van der Waals surface area contributed by atoms with Gasteiger partial charge in [-0.2, -0.15) is 0 Å². The summed E-state index contributed by atoms with van der Waals surface area (Å²) in [6.07, 6.45) is 5.04. The maximum atomic E-state index is 12.6. The van der Waals surface area contributed by atoms with Gasteiger partial charge in [0.2, 0.25) is 0 Å². The average Bonchev–Trinajstić information content (AvgIpc) is 2.76. The number of fused-ring (bicyclic) bond motifs is 3. The largest absolute Gasteiger partial charge is 0.493 e. The van der Waals surface area contributed by atoms with Crippen LogP contribution in [-0.2, 0) is 17.8 Å². The molecule has 1 amide bonds. The first-order valence-corrected chi connectivity index (χ1v) is 11.6. The van der Waals surface area contributed by atoms with E-state index in [2.05, 4.69) is 41.4 Å². The number of hydrogen-bond acceptors (Lipinski definition) is 4. The Bertz CT molecular complexity index is 928. The molecule has 0 fully saturated rings. The quantitative estimate of drug-likeness (QED) is 0.729. The van der Waals surface area contributed by atoms with Gasteiger partial charge in [-0.1, -0.05) is 31.2 Å². The number of nitrogens with zero attached hydrogens (tertiary/aromatic N) is 1. The van der Waals surface area contributed by atoms with Crippen LogP contribution in [0.25, 0.3) is 0 Å². The van der Waals surface area contributed by atoms with Crippen molar-refractivity contribution in [3.8, 4) is 5.75 Å². The molecular formula is C26H34N2O4. The predicted octanol–water partition coefficient (Wildman–Crippen LogP) is 4.26. The Hall–Kier alpha value is -2.86. The molecule has 1 aliphatic rings. The molecule has 172 valence electrons. The van der Waals surface area contributed by atoms with Crippen LogP contribution in [0, 0.1) is 0 Å². The zero-order chi connectivity index (χ0) is 22.9. The third-order valence-corrected chi connectivity index (χ3v) is 5.75. The van der Waals surface area contributed by atoms with E-state index in [0.717, 1.165) is 62.2 Å². The molecule has 2 bridgehead atoms. The number of nitrogens with one attached hydrogen (secondary N) is 1. The summed E-state index contributed by atoms with van der Waals surface area (Å²) >= 11 is 0. The average molecular weight is 439 g/mol. The molecule has 6 nitrogen and oxygen atoms in total. The zero-order valence-electron chi connectivity index (χ0n) is 19.1. The summed E-state index contributed by atoms with van der Waals surface area (Å²) in [6, 6.07) is 13.0. The van der Waals surface area contributed by atoms with Gasteiger partial charge in [0.25, 0.3) is 5.91 Å². The molecule has 3 rings (SSSR count). The van der Waals surface area contributed by atoms with Crippen LogP contribution in [-0.4, -0.2) is 47.6 Å². The number of carbonyl (C=O) groups excluding carboxylic acids is 1. The molecule has 0 saturated heterocycles. The normalized spacial score (nSPS) is 16.2. The highest BCUT2D eigenvalue weighted by Crippen LogP contribution is 2.25. The van der Waals surface area contributed by atoms with Gasteiger partial charge >= 0.3 is 5.97 Å². The third kappa shape index (κ3) is 6.82. The number of carboxylic acid groups (broad SMARTS) is 1. The lowest BCUT2D eigenvalue weighted by Crippen LogP contribution is -2.38. The number of ether oxygens (including phenoxy) is 1. The van der Waals surface area contributed by atoms with Crippen molar-refractivity contribution in [2.24, 2.45) is 0 Å². The maximum Gasteiger partial charge on any atom is 0.325 e. The molecule has 1 unspecified atom stereocenters. The Morgan fingerprint density at radius 3 is 2.72 bits per heavy atom. The zero-order valence-corrected chi connectivity index (χ0v) is 19.1. The molecule has 0 saturated carbocycles. The van der Waals surface area contributed by atoms with Crippen molar-refractivity contribution in [3.05, 3.63) is 64.7 Å². The Labute approximate surface area is 190 Å². The number of carboxylic acids is 1. The van der Waals surface area contributed by atoms with Gasteiger partial charge < -0.3 is 15.2 Å². The Morgan fingerprint density at radius 2 is 1.94 bits per heavy atom. The van der Waals surface area contributed by atoms with Crippen molar-refractivity contribution in [1.29, 1.82) is 0 Å². The second kappa shape index (κ2) is 11.7. The highest BCUT2D eigenvalue weighted by atomic mass is 16.5. The smallest absolute Gasteiger partial charge is 0.325 e. The second-order valence-electron chi connectivity index (χ2n) is 8.54. The van der Waals surface area contributed by atoms with Gasteiger partial charge in [-0.25, -0.2) is 0 Å². The minimum atomic E-state index is -1.06. The van der Waals surface area contributed by atoms with Crippen molar-refractivity contribution in [3.63, 3.8) is 0 Å². The summed E-state index contributed by atoms with van der Waals surface area (Å²) in [5.41, 5.74) is 3.82. The van der Waals surface area contributed by atoms with Crippen LogP contribution in [0.3, 0.4) is 0 Å². The molecule has 0 aliphatic carbocycles. The molecule has 0 spiro atoms. The summed E-state index contributed by atoms with van der Waals surface area (Å²) in [7, 11) is 0. The van der Waals surface area contributed by atoms with E-state index in [0.29, 0.717) is 18.6 Å². The molecule has 6 heteroatoms. The van der Waals surface area contributed by atoms with E-state index >= 15 is 0 Å². The van der Waals surface area contributed by atoms with E-state index < -0.39 is 17.9 Å². The lowest BCUT2D eigenvalue weighted by atomic mass is 9.99. The van der Waals surface area contributed by atoms with Crippen molar-refractivity contribution >= 4 is 11.9 Å². The van der Waals surface area contributed by atoms with Gasteiger partial charge in [0, 0.05) is 18.5 Å². The second-order valence-corrected chi connectivity index (χ2v) is 8.54. The lowest BCUT2D eigenvalue weighted by molar-refractivity contribution is -0.138. The SMILES string of the molecule is CCCN1CCCCCOc2ccc(C(=O)NC(C)C(=O)O)cc2Cc2cccc(c2)C1. The van der Waals surface area contributed by atoms with Crippen LogP contribution in [0.2, 0.25) is 0 Å². The fourth-order valence-electron chi connectivity index (χ4n) is 4.04. The first kappa shape index (κ1) is 23.8. The number of amides is 1. The predicted molar refractivity (Wildman–Crippen MR) is 125 cm³/mol. The van der Waals surface area contributed by atoms with Crippen molar-refractivity contribution in [1.82, 2.24) is 10.2 Å². The van der Waals surface area contributed by atoms with Gasteiger partial charge in [-0.05, 0) is 80.6 Å². The highest BCUT2D eigenvalue weighted by molar-refractivity contribution is 5.96. The van der Waals surface area contributed by atoms with E-state index in [1.165, 1.54) is 12.5 Å². The molecule has 2 N–H and O–H groups in total. The molecule has 1 aliphatic heterocycles. The summed E-state index contributed by atoms with van der Waals surface area (Å²) < 4.78 is 6.09. The molecule has 0 aromatic heterocycles. The molecule has 1 heterocycles. The molecule has 1 atom stereocenters. The summed E-state index contributed by atoms with van der Waals surface area (Å²) in [5.74, 6) is -0.678. The van der Waals surface area contributed by atoms with E-state index in [1.54, 1.807) is 6.07 Å². The van der Waals surface area contributed by atoms with Crippen LogP contribution in [0.1, 0.15) is 66.6 Å². The standard InChI is InChI=1S/C26H34N2O4/c1-3-12-28-13-5-4-6-14-32-24-11-10-22(25(29)27-19(2)26(30)31)17-23(24)16-20-8-7-9-21(15-20)18-28/h7-11,15,17,19H,3-6,12-14,16,18H2,1-2H3,(H,27,29)(H,30,31). The van der Waals surface area contributed by atoms with Crippen LogP contribution in [0.15, 0.2) is 42.5 Å². The topological polar surface area (TPSA) is 78.9 Å². The highest BCUT2D eigenvalue weighted by Gasteiger charge is 2.17. The van der Waals surface area contributed by atoms with Crippen molar-refractivity contribution in [2.45, 2.75) is 58.5 Å². The van der Waals surface area contributed by atoms with Gasteiger partial charge in [-0.15, -0.1) is 0 Å². The summed E-state index contributed by atoms with van der Waals surface area (Å²) in [6.45, 7) is 7.45. The van der Waals surface area contributed by atoms with E-state index in [1.807, 2.05) is 12.1 Å². The van der Waals surface area contributed by atoms with Gasteiger partial charge in [-0.3, -0.25) is 14.5 Å². The minimum Gasteiger partial charge on any atom is -0.493 e. The molecular weight excluding hydrogens is 404 g/mol. The van der Waals surface area contributed by atoms with E-state index in [4.69, 9.17) is 9.84 Å². The molecule has 2 aromatic rings. The Kier molecular flexibility index (Phi) is 8.68. The van der Waals surface area contributed by atoms with E-state index in [-0.39, 0.29) is 0 Å². The van der Waals surface area contributed by atoms with Gasteiger partial charge in [0.05, 0.1) is 6.61 Å². The number of hydrogen-bond donors (Lipinski definition) is 2. The Balaban J connectivity index is 1.87. The van der Waals surface area contributed by atoms with Crippen molar-refractivity contribution < 1.29 is 19.4 Å². The van der Waals surface area contributed by atoms with E-state index in [9.17, 15) is 9.59 Å². The van der Waals surface area contributed by atoms with Crippen LogP contribution in [0.4, 0.5) is 0 Å². The monoisotopic (exact) mass is 438 g/mol. The maximum absolute atomic E-state index is 12.6. The Morgan fingerprint density at radius 1 is 1.12 bits per heavy atom. The van der Waals surface area contributed by atoms with Crippen LogP contribution >= 0.6 is 0 Å². The van der Waals surface area contributed by atoms with Crippen molar-refractivity contribution in [2.75, 3.05) is 19.7 Å². The third-order valence-electron chi connectivity index (χ3n) is 5.75. The first-order chi connectivity index (χ1) is 15.5. The van der Waals surface area contributed by atoms with Crippen LogP contribution in [0.5, 0.6) is 5.75 Å². The molecule has 2 aromatic carbocycles. The number of rotatable bonds is 5. The first-order valence-electron chi connectivity index (χ1n) is 11.6. The van der Waals surface area contributed by atoms with Gasteiger partial charge in [0.1, 0.15) is 11.8 Å². The summed E-state index contributed by atoms with van der Waals surface area (Å²) in [5, 5.41) is 11.6. The fraction of sp³-hybridized carbons (Fsp3) is 0.462. The number of benzene rings is 2. The lowest BCUT2D eigenvalue weighted by Gasteiger charge is -2.22. The van der Waals surface area contributed by atoms with Crippen LogP contribution < -0.4 is 10.1 Å². The summed E-state index contributed by atoms with van der Waals surface area (Å²) in [4.78, 5) is 26.2. The van der Waals surface area contributed by atoms with Gasteiger partial charge in [0.15, 0.2) is 0 Å².